The summed E-state index contributed by atoms with van der Waals surface area (Å²) in [6.45, 7) is 8.63. The van der Waals surface area contributed by atoms with Crippen LogP contribution in [-0.2, 0) is 9.47 Å². The summed E-state index contributed by atoms with van der Waals surface area (Å²) >= 11 is 0. The molecule has 1 saturated heterocycles. The van der Waals surface area contributed by atoms with Crippen LogP contribution in [0.2, 0.25) is 0 Å². The van der Waals surface area contributed by atoms with Gasteiger partial charge in [0.2, 0.25) is 0 Å². The van der Waals surface area contributed by atoms with E-state index < -0.39 is 5.60 Å². The molecule has 4 heteroatoms. The molecule has 0 aromatic heterocycles. The molecule has 0 bridgehead atoms. The lowest BCUT2D eigenvalue weighted by Gasteiger charge is -2.36. The Kier molecular flexibility index (Phi) is 4.33. The Morgan fingerprint density at radius 3 is 2.65 bits per heavy atom. The van der Waals surface area contributed by atoms with Crippen LogP contribution in [0.25, 0.3) is 0 Å². The lowest BCUT2D eigenvalue weighted by atomic mass is 9.77. The predicted molar refractivity (Wildman–Crippen MR) is 78.7 cm³/mol. The first kappa shape index (κ1) is 15.6. The van der Waals surface area contributed by atoms with Crippen LogP contribution in [0.1, 0.15) is 59.8 Å². The largest absolute Gasteiger partial charge is 0.444 e. The van der Waals surface area contributed by atoms with Gasteiger partial charge >= 0.3 is 6.09 Å². The third kappa shape index (κ3) is 3.66. The van der Waals surface area contributed by atoms with Crippen molar-refractivity contribution in [1.82, 2.24) is 4.90 Å². The van der Waals surface area contributed by atoms with Crippen molar-refractivity contribution in [2.75, 3.05) is 13.7 Å². The minimum Gasteiger partial charge on any atom is -0.444 e. The highest BCUT2D eigenvalue weighted by atomic mass is 16.6. The number of ether oxygens (including phenoxy) is 2. The van der Waals surface area contributed by atoms with E-state index in [2.05, 4.69) is 6.92 Å². The van der Waals surface area contributed by atoms with Gasteiger partial charge in [-0.25, -0.2) is 4.79 Å². The lowest BCUT2D eigenvalue weighted by Crippen LogP contribution is -2.42. The molecule has 1 amide bonds. The molecule has 2 rings (SSSR count). The van der Waals surface area contributed by atoms with Gasteiger partial charge in [0.05, 0.1) is 18.2 Å². The molecule has 1 heterocycles. The van der Waals surface area contributed by atoms with E-state index in [0.717, 1.165) is 25.2 Å². The first-order chi connectivity index (χ1) is 9.21. The van der Waals surface area contributed by atoms with Crippen molar-refractivity contribution in [3.8, 4) is 0 Å². The zero-order valence-electron chi connectivity index (χ0n) is 13.6. The van der Waals surface area contributed by atoms with Crippen molar-refractivity contribution in [2.45, 2.75) is 77.0 Å². The van der Waals surface area contributed by atoms with E-state index in [4.69, 9.17) is 9.47 Å². The van der Waals surface area contributed by atoms with Crippen molar-refractivity contribution in [2.24, 2.45) is 5.92 Å². The predicted octanol–water partition coefficient (Wildman–Crippen LogP) is 3.59. The summed E-state index contributed by atoms with van der Waals surface area (Å²) in [6, 6.07) is 0.148. The Labute approximate surface area is 122 Å². The van der Waals surface area contributed by atoms with Gasteiger partial charge in [0.15, 0.2) is 0 Å². The fraction of sp³-hybridized carbons (Fsp3) is 0.938. The average molecular weight is 283 g/mol. The summed E-state index contributed by atoms with van der Waals surface area (Å²) in [5, 5.41) is 0. The molecular formula is C16H29NO3. The summed E-state index contributed by atoms with van der Waals surface area (Å²) < 4.78 is 11.6. The molecular weight excluding hydrogens is 254 g/mol. The molecule has 1 spiro atoms. The maximum absolute atomic E-state index is 12.1. The maximum atomic E-state index is 12.1. The Morgan fingerprint density at radius 1 is 1.35 bits per heavy atom. The monoisotopic (exact) mass is 283 g/mol. The quantitative estimate of drug-likeness (QED) is 0.738. The summed E-state index contributed by atoms with van der Waals surface area (Å²) in [4.78, 5) is 13.9. The van der Waals surface area contributed by atoms with Crippen LogP contribution in [0, 0.1) is 5.92 Å². The van der Waals surface area contributed by atoms with Crippen molar-refractivity contribution in [1.29, 1.82) is 0 Å². The second-order valence-corrected chi connectivity index (χ2v) is 7.64. The summed E-state index contributed by atoms with van der Waals surface area (Å²) in [5.41, 5.74) is -0.430. The number of hydrogen-bond acceptors (Lipinski definition) is 3. The van der Waals surface area contributed by atoms with Crippen LogP contribution < -0.4 is 0 Å². The van der Waals surface area contributed by atoms with E-state index in [9.17, 15) is 4.79 Å². The number of nitrogens with zero attached hydrogens (tertiary/aromatic N) is 1. The van der Waals surface area contributed by atoms with Gasteiger partial charge in [0, 0.05) is 7.05 Å². The lowest BCUT2D eigenvalue weighted by molar-refractivity contribution is -0.0386. The highest BCUT2D eigenvalue weighted by Crippen LogP contribution is 2.42. The minimum absolute atomic E-state index is 0.0125. The highest BCUT2D eigenvalue weighted by molar-refractivity contribution is 5.68. The van der Waals surface area contributed by atoms with Crippen LogP contribution in [0.3, 0.4) is 0 Å². The van der Waals surface area contributed by atoms with Crippen molar-refractivity contribution in [3.05, 3.63) is 0 Å². The average Bonchev–Trinajstić information content (AvgIpc) is 2.69. The summed E-state index contributed by atoms with van der Waals surface area (Å²) in [7, 11) is 1.83. The number of carbonyl (C=O) groups excluding carboxylic acids is 1. The Hall–Kier alpha value is -0.770. The third-order valence-corrected chi connectivity index (χ3v) is 4.47. The third-order valence-electron chi connectivity index (χ3n) is 4.47. The van der Waals surface area contributed by atoms with E-state index in [0.29, 0.717) is 6.61 Å². The molecule has 3 unspecified atom stereocenters. The second kappa shape index (κ2) is 5.55. The topological polar surface area (TPSA) is 38.8 Å². The molecule has 0 aromatic rings. The number of likely N-dealkylation sites (N-methyl/N-ethyl adjacent to an activating group) is 1. The zero-order chi connectivity index (χ0) is 15.0. The van der Waals surface area contributed by atoms with Crippen LogP contribution in [-0.4, -0.2) is 41.9 Å². The molecule has 1 saturated carbocycles. The van der Waals surface area contributed by atoms with E-state index in [1.54, 1.807) is 4.90 Å². The molecule has 0 aromatic carbocycles. The van der Waals surface area contributed by atoms with E-state index in [1.807, 2.05) is 27.8 Å². The van der Waals surface area contributed by atoms with Crippen molar-refractivity contribution in [3.63, 3.8) is 0 Å². The van der Waals surface area contributed by atoms with Gasteiger partial charge < -0.3 is 14.4 Å². The fourth-order valence-corrected chi connectivity index (χ4v) is 3.48. The maximum Gasteiger partial charge on any atom is 0.410 e. The minimum atomic E-state index is -0.443. The molecule has 2 fully saturated rings. The molecule has 4 nitrogen and oxygen atoms in total. The molecule has 0 radical (unpaired) electrons. The highest BCUT2D eigenvalue weighted by Gasteiger charge is 2.45. The summed E-state index contributed by atoms with van der Waals surface area (Å²) in [5.74, 6) is 0.731. The van der Waals surface area contributed by atoms with E-state index in [-0.39, 0.29) is 17.7 Å². The molecule has 1 aliphatic heterocycles. The number of carbonyl (C=O) groups is 1. The second-order valence-electron chi connectivity index (χ2n) is 7.64. The number of rotatable bonds is 1. The van der Waals surface area contributed by atoms with Gasteiger partial charge in [-0.05, 0) is 46.0 Å². The Balaban J connectivity index is 1.93. The van der Waals surface area contributed by atoms with Gasteiger partial charge in [0.1, 0.15) is 5.60 Å². The van der Waals surface area contributed by atoms with Gasteiger partial charge in [0.25, 0.3) is 0 Å². The van der Waals surface area contributed by atoms with Crippen molar-refractivity contribution < 1.29 is 14.3 Å². The molecule has 0 N–H and O–H groups in total. The van der Waals surface area contributed by atoms with Gasteiger partial charge in [-0.2, -0.15) is 0 Å². The van der Waals surface area contributed by atoms with Crippen LogP contribution in [0.15, 0.2) is 0 Å². The molecule has 1 aliphatic carbocycles. The normalized spacial score (nSPS) is 34.2. The van der Waals surface area contributed by atoms with Crippen LogP contribution in [0.4, 0.5) is 4.79 Å². The van der Waals surface area contributed by atoms with E-state index >= 15 is 0 Å². The first-order valence-corrected chi connectivity index (χ1v) is 7.81. The molecule has 116 valence electrons. The van der Waals surface area contributed by atoms with Gasteiger partial charge in [-0.15, -0.1) is 0 Å². The number of hydrogen-bond donors (Lipinski definition) is 0. The molecule has 3 atom stereocenters. The van der Waals surface area contributed by atoms with Crippen LogP contribution in [0.5, 0.6) is 0 Å². The fourth-order valence-electron chi connectivity index (χ4n) is 3.48. The SMILES string of the molecule is CC1CCCC2(C1)CC(N(C)C(=O)OC(C)(C)C)CO2. The zero-order valence-corrected chi connectivity index (χ0v) is 13.6. The van der Waals surface area contributed by atoms with Gasteiger partial charge in [-0.3, -0.25) is 0 Å². The van der Waals surface area contributed by atoms with Gasteiger partial charge in [-0.1, -0.05) is 19.8 Å². The first-order valence-electron chi connectivity index (χ1n) is 7.81. The Morgan fingerprint density at radius 2 is 2.05 bits per heavy atom. The van der Waals surface area contributed by atoms with E-state index in [1.165, 1.54) is 12.8 Å². The van der Waals surface area contributed by atoms with Crippen molar-refractivity contribution >= 4 is 6.09 Å². The molecule has 2 aliphatic rings. The number of amides is 1. The standard InChI is InChI=1S/C16H29NO3/c1-12-7-6-8-16(9-12)10-13(11-19-16)17(5)14(18)20-15(2,3)4/h12-13H,6-11H2,1-5H3. The Bertz CT molecular complexity index is 363. The van der Waals surface area contributed by atoms with Crippen LogP contribution >= 0.6 is 0 Å². The molecule has 20 heavy (non-hydrogen) atoms. The smallest absolute Gasteiger partial charge is 0.410 e. The summed E-state index contributed by atoms with van der Waals surface area (Å²) in [6.07, 6.45) is 5.52.